The van der Waals surface area contributed by atoms with E-state index in [1.165, 1.54) is 123 Å². The highest BCUT2D eigenvalue weighted by atomic mass is 32.1. The van der Waals surface area contributed by atoms with Gasteiger partial charge in [0.15, 0.2) is 0 Å². The van der Waals surface area contributed by atoms with Crippen LogP contribution in [-0.2, 0) is 16.2 Å². The van der Waals surface area contributed by atoms with Gasteiger partial charge in [0, 0.05) is 90.1 Å². The fourth-order valence-electron chi connectivity index (χ4n) is 11.6. The Balaban J connectivity index is 1.22. The van der Waals surface area contributed by atoms with Crippen LogP contribution in [0.1, 0.15) is 79.0 Å². The van der Waals surface area contributed by atoms with Gasteiger partial charge in [0.25, 0.3) is 0 Å². The van der Waals surface area contributed by atoms with Crippen molar-refractivity contribution in [3.05, 3.63) is 150 Å². The molecule has 66 heavy (non-hydrogen) atoms. The summed E-state index contributed by atoms with van der Waals surface area (Å²) in [5.41, 5.74) is 17.2. The minimum Gasteiger partial charge on any atom is -0.455 e. The zero-order chi connectivity index (χ0) is 44.9. The monoisotopic (exact) mass is 888 g/mol. The molecule has 0 spiro atoms. The van der Waals surface area contributed by atoms with Gasteiger partial charge in [-0.1, -0.05) is 123 Å². The number of hydrogen-bond donors (Lipinski definition) is 0. The molecule has 320 valence electrons. The van der Waals surface area contributed by atoms with Crippen molar-refractivity contribution in [2.75, 3.05) is 4.81 Å². The molecule has 0 unspecified atom stereocenters. The zero-order valence-corrected chi connectivity index (χ0v) is 40.5. The number of nitrogens with zero attached hydrogens (tertiary/aromatic N) is 2. The van der Waals surface area contributed by atoms with Crippen LogP contribution in [0.25, 0.3) is 101 Å². The highest BCUT2D eigenvalue weighted by Crippen LogP contribution is 2.54. The zero-order valence-electron chi connectivity index (χ0n) is 38.9. The molecule has 2 aliphatic heterocycles. The number of para-hydroxylation sites is 1. The molecule has 4 aromatic heterocycles. The van der Waals surface area contributed by atoms with Gasteiger partial charge in [0.2, 0.25) is 0 Å². The van der Waals surface area contributed by atoms with Crippen molar-refractivity contribution in [2.45, 2.75) is 78.6 Å². The smallest absolute Gasteiger partial charge is 0.333 e. The number of furan rings is 1. The molecule has 2 aliphatic rings. The van der Waals surface area contributed by atoms with E-state index in [1.807, 2.05) is 22.7 Å². The maximum atomic E-state index is 7.34. The number of aromatic nitrogens is 1. The summed E-state index contributed by atoms with van der Waals surface area (Å²) in [5, 5.41) is 10.2. The predicted molar refractivity (Wildman–Crippen MR) is 289 cm³/mol. The van der Waals surface area contributed by atoms with E-state index in [9.17, 15) is 0 Å². The first kappa shape index (κ1) is 38.9. The molecule has 3 nitrogen and oxygen atoms in total. The first-order valence-electron chi connectivity index (χ1n) is 23.4. The summed E-state index contributed by atoms with van der Waals surface area (Å²) in [7, 11) is 0. The van der Waals surface area contributed by atoms with Crippen molar-refractivity contribution in [1.29, 1.82) is 0 Å². The predicted octanol–water partition coefficient (Wildman–Crippen LogP) is 16.5. The van der Waals surface area contributed by atoms with Crippen LogP contribution in [-0.4, -0.2) is 11.4 Å². The maximum Gasteiger partial charge on any atom is 0.333 e. The number of benzene rings is 8. The van der Waals surface area contributed by atoms with Crippen LogP contribution in [0, 0.1) is 0 Å². The molecule has 6 heteroatoms. The molecule has 14 rings (SSSR count). The molecule has 0 N–H and O–H groups in total. The molecule has 0 fully saturated rings. The van der Waals surface area contributed by atoms with Gasteiger partial charge in [-0.25, -0.2) is 0 Å². The molecule has 0 amide bonds. The molecule has 0 aliphatic carbocycles. The SMILES string of the molecule is CC(C)(C)c1ccc(N2B3c4cc5sc6ccccc6c5cc4-n4c5ccc(C(C)(C)C)cc5c5c6c(oc7ccccc76)c(c3c54)-c3cc4sc5ccc(C(C)(C)C)cc5c4cc32)cc1. The van der Waals surface area contributed by atoms with Gasteiger partial charge in [-0.05, 0) is 117 Å². The summed E-state index contributed by atoms with van der Waals surface area (Å²) < 4.78 is 15.2. The summed E-state index contributed by atoms with van der Waals surface area (Å²) in [4.78, 5) is 2.70. The van der Waals surface area contributed by atoms with Gasteiger partial charge in [-0.2, -0.15) is 0 Å². The van der Waals surface area contributed by atoms with Gasteiger partial charge in [-0.15, -0.1) is 22.7 Å². The largest absolute Gasteiger partial charge is 0.455 e. The number of anilines is 2. The average Bonchev–Trinajstić information content (AvgIpc) is 4.04. The standard InChI is InChI=1S/C60H49BN2OS2/c1-58(2,3)32-18-22-35(23-19-32)63-45-28-40-38-26-34(60(7,8)9)21-25-49(38)66-50(40)30-42(45)54-55-56-52(53-37-15-10-12-16-47(37)64-57(53)54)41-27-33(59(4,5)6)20-24-44(41)62(56)46-29-39-36-14-11-13-17-48(36)65-51(39)31-43(46)61(55)63/h10-31H,1-9H3. The third kappa shape index (κ3) is 5.15. The highest BCUT2D eigenvalue weighted by Gasteiger charge is 2.46. The van der Waals surface area contributed by atoms with Crippen molar-refractivity contribution < 1.29 is 4.42 Å². The molecule has 6 heterocycles. The second kappa shape index (κ2) is 12.8. The van der Waals surface area contributed by atoms with Crippen LogP contribution in [0.3, 0.4) is 0 Å². The lowest BCUT2D eigenvalue weighted by Gasteiger charge is -2.42. The second-order valence-corrected chi connectivity index (χ2v) is 24.3. The Kier molecular flexibility index (Phi) is 7.52. The minimum absolute atomic E-state index is 0.0214. The van der Waals surface area contributed by atoms with Crippen LogP contribution in [0.5, 0.6) is 0 Å². The van der Waals surface area contributed by atoms with Crippen molar-refractivity contribution in [3.63, 3.8) is 0 Å². The van der Waals surface area contributed by atoms with Crippen molar-refractivity contribution in [1.82, 2.24) is 4.57 Å². The maximum absolute atomic E-state index is 7.34. The summed E-state index contributed by atoms with van der Waals surface area (Å²) >= 11 is 3.82. The summed E-state index contributed by atoms with van der Waals surface area (Å²) in [6.07, 6.45) is 0. The van der Waals surface area contributed by atoms with Crippen LogP contribution in [0.15, 0.2) is 138 Å². The Bertz CT molecular complexity index is 4120. The topological polar surface area (TPSA) is 21.3 Å². The second-order valence-electron chi connectivity index (χ2n) is 22.1. The van der Waals surface area contributed by atoms with E-state index in [2.05, 4.69) is 205 Å². The molecule has 0 saturated carbocycles. The third-order valence-corrected chi connectivity index (χ3v) is 17.3. The number of hydrogen-bond acceptors (Lipinski definition) is 4. The van der Waals surface area contributed by atoms with Gasteiger partial charge in [-0.3, -0.25) is 0 Å². The Morgan fingerprint density at radius 2 is 1.08 bits per heavy atom. The Morgan fingerprint density at radius 1 is 0.485 bits per heavy atom. The van der Waals surface area contributed by atoms with Crippen LogP contribution < -0.4 is 15.7 Å². The molecule has 0 bridgehead atoms. The fraction of sp³-hybridized carbons (Fsp3) is 0.200. The normalized spacial score (nSPS) is 14.1. The third-order valence-electron chi connectivity index (χ3n) is 15.0. The molecule has 0 saturated heterocycles. The van der Waals surface area contributed by atoms with Crippen LogP contribution in [0.2, 0.25) is 0 Å². The van der Waals surface area contributed by atoms with Gasteiger partial charge < -0.3 is 13.8 Å². The van der Waals surface area contributed by atoms with E-state index in [0.717, 1.165) is 16.6 Å². The van der Waals surface area contributed by atoms with E-state index in [1.54, 1.807) is 0 Å². The number of rotatable bonds is 1. The van der Waals surface area contributed by atoms with Crippen molar-refractivity contribution in [2.24, 2.45) is 0 Å². The lowest BCUT2D eigenvalue weighted by Crippen LogP contribution is -2.60. The Morgan fingerprint density at radius 3 is 1.82 bits per heavy atom. The lowest BCUT2D eigenvalue weighted by atomic mass is 9.43. The molecule has 12 aromatic rings. The van der Waals surface area contributed by atoms with E-state index in [0.29, 0.717) is 0 Å². The van der Waals surface area contributed by atoms with E-state index >= 15 is 0 Å². The lowest BCUT2D eigenvalue weighted by molar-refractivity contribution is 0.590. The van der Waals surface area contributed by atoms with E-state index in [-0.39, 0.29) is 23.1 Å². The molecule has 8 aromatic carbocycles. The van der Waals surface area contributed by atoms with Gasteiger partial charge in [0.05, 0.1) is 11.0 Å². The van der Waals surface area contributed by atoms with Gasteiger partial charge in [0.1, 0.15) is 11.2 Å². The first-order chi connectivity index (χ1) is 31.6. The molecular weight excluding hydrogens is 840 g/mol. The minimum atomic E-state index is -0.149. The van der Waals surface area contributed by atoms with Gasteiger partial charge >= 0.3 is 6.85 Å². The van der Waals surface area contributed by atoms with Crippen LogP contribution in [0.4, 0.5) is 11.4 Å². The number of thiophene rings is 2. The summed E-state index contributed by atoms with van der Waals surface area (Å²) in [5.74, 6) is 0. The first-order valence-corrected chi connectivity index (χ1v) is 25.1. The molecular formula is C60H49BN2OS2. The van der Waals surface area contributed by atoms with E-state index < -0.39 is 0 Å². The summed E-state index contributed by atoms with van der Waals surface area (Å²) in [6, 6.07) is 51.7. The Hall–Kier alpha value is -6.34. The Labute approximate surface area is 393 Å². The number of fused-ring (bicyclic) bond motifs is 19. The fourth-order valence-corrected chi connectivity index (χ4v) is 13.8. The average molecular weight is 889 g/mol. The highest BCUT2D eigenvalue weighted by molar-refractivity contribution is 7.26. The van der Waals surface area contributed by atoms with Crippen molar-refractivity contribution in [3.8, 4) is 16.8 Å². The van der Waals surface area contributed by atoms with Crippen LogP contribution >= 0.6 is 22.7 Å². The summed E-state index contributed by atoms with van der Waals surface area (Å²) in [6.45, 7) is 20.7. The van der Waals surface area contributed by atoms with Crippen molar-refractivity contribution >= 4 is 136 Å². The van der Waals surface area contributed by atoms with E-state index in [4.69, 9.17) is 4.42 Å². The quantitative estimate of drug-likeness (QED) is 0.153. The molecule has 0 radical (unpaired) electrons. The molecule has 0 atom stereocenters.